The minimum Gasteiger partial charge on any atom is -0.477 e. The molecule has 0 atom stereocenters. The van der Waals surface area contributed by atoms with Gasteiger partial charge in [-0.05, 0) is 19.1 Å². The van der Waals surface area contributed by atoms with Gasteiger partial charge in [0.15, 0.2) is 0 Å². The number of benzene rings is 1. The number of aromatic carboxylic acids is 1. The molecule has 4 nitrogen and oxygen atoms in total. The highest BCUT2D eigenvalue weighted by atomic mass is 32.1. The third-order valence-electron chi connectivity index (χ3n) is 2.82. The van der Waals surface area contributed by atoms with Gasteiger partial charge in [-0.15, -0.1) is 11.3 Å². The number of carboxylic acid groups (broad SMARTS) is 1. The number of ether oxygens (including phenoxy) is 1. The van der Waals surface area contributed by atoms with Crippen molar-refractivity contribution in [3.8, 4) is 11.5 Å². The Morgan fingerprint density at radius 2 is 2.10 bits per heavy atom. The largest absolute Gasteiger partial charge is 0.477 e. The van der Waals surface area contributed by atoms with Crippen molar-refractivity contribution < 1.29 is 14.6 Å². The van der Waals surface area contributed by atoms with Crippen molar-refractivity contribution >= 4 is 28.2 Å². The molecule has 100 valence electrons. The lowest BCUT2D eigenvalue weighted by atomic mass is 10.2. The van der Waals surface area contributed by atoms with Gasteiger partial charge in [0.2, 0.25) is 0 Å². The van der Waals surface area contributed by atoms with Crippen LogP contribution in [0, 0.1) is 6.92 Å². The second kappa shape index (κ2) is 4.94. The molecule has 0 saturated carbocycles. The van der Waals surface area contributed by atoms with Crippen LogP contribution in [0.15, 0.2) is 41.8 Å². The van der Waals surface area contributed by atoms with Crippen molar-refractivity contribution in [2.45, 2.75) is 6.92 Å². The molecule has 0 radical (unpaired) electrons. The molecule has 3 rings (SSSR count). The first-order valence-electron chi connectivity index (χ1n) is 5.99. The minimum absolute atomic E-state index is 0.259. The smallest absolute Gasteiger partial charge is 0.346 e. The summed E-state index contributed by atoms with van der Waals surface area (Å²) in [5, 5.41) is 11.5. The molecule has 3 aromatic rings. The Labute approximate surface area is 119 Å². The highest BCUT2D eigenvalue weighted by molar-refractivity contribution is 7.12. The highest BCUT2D eigenvalue weighted by Gasteiger charge is 2.10. The van der Waals surface area contributed by atoms with Gasteiger partial charge in [-0.2, -0.15) is 0 Å². The second-order valence-electron chi connectivity index (χ2n) is 4.33. The number of pyridine rings is 1. The average Bonchev–Trinajstić information content (AvgIpc) is 2.87. The summed E-state index contributed by atoms with van der Waals surface area (Å²) in [4.78, 5) is 15.6. The Hall–Kier alpha value is -2.40. The van der Waals surface area contributed by atoms with E-state index in [9.17, 15) is 4.79 Å². The Balaban J connectivity index is 2.03. The molecule has 0 amide bonds. The number of hydrogen-bond acceptors (Lipinski definition) is 4. The molecule has 1 N–H and O–H groups in total. The standard InChI is InChI=1S/C15H11NO3S/c1-9-6-13(11-4-2-3-5-12(11)16-9)19-10-7-14(15(17)18)20-8-10/h2-8H,1H3,(H,17,18). The van der Waals surface area contributed by atoms with Gasteiger partial charge in [0.05, 0.1) is 5.52 Å². The molecule has 2 heterocycles. The summed E-state index contributed by atoms with van der Waals surface area (Å²) in [7, 11) is 0. The normalized spacial score (nSPS) is 10.7. The number of nitrogens with zero attached hydrogens (tertiary/aromatic N) is 1. The fourth-order valence-corrected chi connectivity index (χ4v) is 2.61. The number of aromatic nitrogens is 1. The van der Waals surface area contributed by atoms with Gasteiger partial charge in [-0.1, -0.05) is 12.1 Å². The number of thiophene rings is 1. The van der Waals surface area contributed by atoms with E-state index in [1.807, 2.05) is 37.3 Å². The maximum absolute atomic E-state index is 10.9. The molecule has 1 aromatic carbocycles. The Kier molecular flexibility index (Phi) is 3.12. The predicted molar refractivity (Wildman–Crippen MR) is 77.8 cm³/mol. The first-order valence-corrected chi connectivity index (χ1v) is 6.87. The van der Waals surface area contributed by atoms with Crippen LogP contribution in [0.1, 0.15) is 15.4 Å². The van der Waals surface area contributed by atoms with Gasteiger partial charge in [0.1, 0.15) is 16.4 Å². The van der Waals surface area contributed by atoms with E-state index in [2.05, 4.69) is 4.98 Å². The summed E-state index contributed by atoms with van der Waals surface area (Å²) in [5.41, 5.74) is 1.71. The van der Waals surface area contributed by atoms with Crippen LogP contribution in [0.3, 0.4) is 0 Å². The lowest BCUT2D eigenvalue weighted by Gasteiger charge is -2.08. The van der Waals surface area contributed by atoms with Crippen molar-refractivity contribution in [2.24, 2.45) is 0 Å². The van der Waals surface area contributed by atoms with Crippen LogP contribution in [0.4, 0.5) is 0 Å². The number of carbonyl (C=O) groups is 1. The molecule has 0 saturated heterocycles. The first kappa shape index (κ1) is 12.6. The fourth-order valence-electron chi connectivity index (χ4n) is 1.97. The summed E-state index contributed by atoms with van der Waals surface area (Å²) in [5.74, 6) is 0.270. The molecule has 0 aliphatic heterocycles. The van der Waals surface area contributed by atoms with Crippen LogP contribution in [0.2, 0.25) is 0 Å². The number of hydrogen-bond donors (Lipinski definition) is 1. The van der Waals surface area contributed by atoms with Crippen molar-refractivity contribution in [3.05, 3.63) is 52.3 Å². The van der Waals surface area contributed by atoms with E-state index in [0.717, 1.165) is 27.9 Å². The Morgan fingerprint density at radius 1 is 1.30 bits per heavy atom. The highest BCUT2D eigenvalue weighted by Crippen LogP contribution is 2.32. The summed E-state index contributed by atoms with van der Waals surface area (Å²) >= 11 is 1.15. The number of fused-ring (bicyclic) bond motifs is 1. The molecule has 0 aliphatic carbocycles. The lowest BCUT2D eigenvalue weighted by Crippen LogP contribution is -1.91. The van der Waals surface area contributed by atoms with E-state index in [1.54, 1.807) is 5.38 Å². The first-order chi connectivity index (χ1) is 9.63. The molecule has 5 heteroatoms. The summed E-state index contributed by atoms with van der Waals surface area (Å²) in [6.07, 6.45) is 0. The lowest BCUT2D eigenvalue weighted by molar-refractivity contribution is 0.0702. The predicted octanol–water partition coefficient (Wildman–Crippen LogP) is 4.10. The zero-order valence-corrected chi connectivity index (χ0v) is 11.5. The SMILES string of the molecule is Cc1cc(Oc2csc(C(=O)O)c2)c2ccccc2n1. The van der Waals surface area contributed by atoms with Crippen LogP contribution < -0.4 is 4.74 Å². The van der Waals surface area contributed by atoms with E-state index in [0.29, 0.717) is 11.5 Å². The van der Waals surface area contributed by atoms with Gasteiger partial charge < -0.3 is 9.84 Å². The fraction of sp³-hybridized carbons (Fsp3) is 0.0667. The van der Waals surface area contributed by atoms with E-state index in [1.165, 1.54) is 6.07 Å². The van der Waals surface area contributed by atoms with Crippen LogP contribution in [-0.2, 0) is 0 Å². The van der Waals surface area contributed by atoms with Crippen LogP contribution in [0.25, 0.3) is 10.9 Å². The molecule has 0 fully saturated rings. The van der Waals surface area contributed by atoms with Gasteiger partial charge in [0, 0.05) is 28.6 Å². The van der Waals surface area contributed by atoms with Gasteiger partial charge in [0.25, 0.3) is 0 Å². The summed E-state index contributed by atoms with van der Waals surface area (Å²) < 4.78 is 5.81. The topological polar surface area (TPSA) is 59.4 Å². The van der Waals surface area contributed by atoms with Crippen molar-refractivity contribution in [1.82, 2.24) is 4.98 Å². The molecule has 20 heavy (non-hydrogen) atoms. The Morgan fingerprint density at radius 3 is 2.85 bits per heavy atom. The van der Waals surface area contributed by atoms with E-state index < -0.39 is 5.97 Å². The summed E-state index contributed by atoms with van der Waals surface area (Å²) in [6, 6.07) is 11.1. The molecule has 0 spiro atoms. The van der Waals surface area contributed by atoms with Crippen LogP contribution in [0.5, 0.6) is 11.5 Å². The number of rotatable bonds is 3. The summed E-state index contributed by atoms with van der Waals surface area (Å²) in [6.45, 7) is 1.90. The van der Waals surface area contributed by atoms with Crippen LogP contribution in [-0.4, -0.2) is 16.1 Å². The molecule has 0 bridgehead atoms. The quantitative estimate of drug-likeness (QED) is 0.787. The van der Waals surface area contributed by atoms with Crippen LogP contribution >= 0.6 is 11.3 Å². The minimum atomic E-state index is -0.944. The Bertz CT molecular complexity index is 795. The molecule has 0 unspecified atom stereocenters. The zero-order valence-electron chi connectivity index (χ0n) is 10.7. The molecule has 0 aliphatic rings. The number of carboxylic acids is 1. The van der Waals surface area contributed by atoms with Crippen molar-refractivity contribution in [2.75, 3.05) is 0 Å². The molecular weight excluding hydrogens is 274 g/mol. The van der Waals surface area contributed by atoms with Gasteiger partial charge >= 0.3 is 5.97 Å². The van der Waals surface area contributed by atoms with E-state index in [4.69, 9.17) is 9.84 Å². The van der Waals surface area contributed by atoms with E-state index >= 15 is 0 Å². The third kappa shape index (κ3) is 2.35. The molecular formula is C15H11NO3S. The monoisotopic (exact) mass is 285 g/mol. The zero-order chi connectivity index (χ0) is 14.1. The maximum atomic E-state index is 10.9. The third-order valence-corrected chi connectivity index (χ3v) is 3.72. The number of aryl methyl sites for hydroxylation is 1. The average molecular weight is 285 g/mol. The molecule has 2 aromatic heterocycles. The van der Waals surface area contributed by atoms with Crippen molar-refractivity contribution in [3.63, 3.8) is 0 Å². The van der Waals surface area contributed by atoms with Gasteiger partial charge in [-0.3, -0.25) is 4.98 Å². The van der Waals surface area contributed by atoms with E-state index in [-0.39, 0.29) is 4.88 Å². The van der Waals surface area contributed by atoms with Gasteiger partial charge in [-0.25, -0.2) is 4.79 Å². The van der Waals surface area contributed by atoms with Crippen molar-refractivity contribution in [1.29, 1.82) is 0 Å². The maximum Gasteiger partial charge on any atom is 0.346 e. The number of para-hydroxylation sites is 1. The second-order valence-corrected chi connectivity index (χ2v) is 5.24.